The first kappa shape index (κ1) is 25.6. The lowest BCUT2D eigenvalue weighted by molar-refractivity contribution is -0.0286. The van der Waals surface area contributed by atoms with Crippen molar-refractivity contribution in [2.45, 2.75) is 43.6 Å². The van der Waals surface area contributed by atoms with E-state index in [0.29, 0.717) is 29.4 Å². The monoisotopic (exact) mass is 543 g/mol. The predicted octanol–water partition coefficient (Wildman–Crippen LogP) is 4.12. The average molecular weight is 544 g/mol. The molecule has 1 fully saturated rings. The van der Waals surface area contributed by atoms with Gasteiger partial charge in [0.25, 0.3) is 0 Å². The minimum atomic E-state index is -1.14. The molecule has 0 aliphatic carbocycles. The van der Waals surface area contributed by atoms with Crippen molar-refractivity contribution in [3.8, 4) is 11.3 Å². The van der Waals surface area contributed by atoms with Crippen molar-refractivity contribution in [3.63, 3.8) is 0 Å². The highest BCUT2D eigenvalue weighted by molar-refractivity contribution is 7.98. The number of aromatic nitrogens is 4. The van der Waals surface area contributed by atoms with Crippen molar-refractivity contribution in [1.29, 1.82) is 0 Å². The summed E-state index contributed by atoms with van der Waals surface area (Å²) in [7, 11) is 0. The first-order chi connectivity index (χ1) is 19.0. The molecule has 1 aliphatic rings. The van der Waals surface area contributed by atoms with E-state index >= 15 is 0 Å². The molecular weight excluding hydrogens is 514 g/mol. The molecule has 0 saturated carbocycles. The van der Waals surface area contributed by atoms with Crippen molar-refractivity contribution in [1.82, 2.24) is 19.7 Å². The van der Waals surface area contributed by atoms with Crippen molar-refractivity contribution < 1.29 is 19.5 Å². The second-order valence-electron chi connectivity index (χ2n) is 9.68. The maximum absolute atomic E-state index is 11.0. The molecule has 200 valence electrons. The van der Waals surface area contributed by atoms with E-state index in [0.717, 1.165) is 39.1 Å². The molecule has 0 bridgehead atoms. The van der Waals surface area contributed by atoms with Crippen LogP contribution in [-0.2, 0) is 16.9 Å². The molecule has 0 amide bonds. The molecule has 9 nitrogen and oxygen atoms in total. The summed E-state index contributed by atoms with van der Waals surface area (Å²) in [6.45, 7) is 1.92. The lowest BCUT2D eigenvalue weighted by Crippen LogP contribution is -2.32. The number of nitrogens with zero attached hydrogens (tertiary/aromatic N) is 4. The van der Waals surface area contributed by atoms with Gasteiger partial charge in [0.2, 0.25) is 0 Å². The highest BCUT2D eigenvalue weighted by atomic mass is 32.2. The maximum atomic E-state index is 11.0. The van der Waals surface area contributed by atoms with Gasteiger partial charge in [0.15, 0.2) is 12.0 Å². The van der Waals surface area contributed by atoms with Crippen LogP contribution in [0.3, 0.4) is 0 Å². The summed E-state index contributed by atoms with van der Waals surface area (Å²) in [6.07, 6.45) is 0.323. The Labute approximate surface area is 229 Å². The largest absolute Gasteiger partial charge is 0.387 e. The van der Waals surface area contributed by atoms with Crippen LogP contribution in [0.15, 0.2) is 77.7 Å². The van der Waals surface area contributed by atoms with Gasteiger partial charge in [-0.05, 0) is 24.5 Å². The first-order valence-corrected chi connectivity index (χ1v) is 13.9. The molecule has 4 atom stereocenters. The lowest BCUT2D eigenvalue weighted by atomic mass is 10.1. The number of benzene rings is 2. The van der Waals surface area contributed by atoms with E-state index in [4.69, 9.17) is 15.0 Å². The number of aryl methyl sites for hydroxylation is 1. The highest BCUT2D eigenvalue weighted by Gasteiger charge is 2.44. The molecule has 6 rings (SSSR count). The van der Waals surface area contributed by atoms with Gasteiger partial charge >= 0.3 is 0 Å². The zero-order valence-electron chi connectivity index (χ0n) is 21.3. The number of ether oxygens (including phenoxy) is 1. The zero-order valence-corrected chi connectivity index (χ0v) is 22.2. The van der Waals surface area contributed by atoms with Crippen LogP contribution in [0.25, 0.3) is 22.4 Å². The number of hydrogen-bond donors (Lipinski definition) is 3. The Balaban J connectivity index is 1.20. The van der Waals surface area contributed by atoms with E-state index in [9.17, 15) is 10.2 Å². The summed E-state index contributed by atoms with van der Waals surface area (Å²) in [4.78, 5) is 8.64. The van der Waals surface area contributed by atoms with Gasteiger partial charge in [-0.25, -0.2) is 9.97 Å². The maximum Gasteiger partial charge on any atom is 0.171 e. The molecule has 1 saturated heterocycles. The van der Waals surface area contributed by atoms with Gasteiger partial charge < -0.3 is 29.8 Å². The first-order valence-electron chi connectivity index (χ1n) is 12.7. The van der Waals surface area contributed by atoms with E-state index in [1.165, 1.54) is 6.33 Å². The van der Waals surface area contributed by atoms with Gasteiger partial charge in [-0.3, -0.25) is 0 Å². The Morgan fingerprint density at radius 3 is 2.51 bits per heavy atom. The van der Waals surface area contributed by atoms with E-state index < -0.39 is 24.5 Å². The standard InChI is InChI=1S/C29H29N5O4S/c1-17-21(26(38-33-17)19-10-6-3-7-11-19)14-39-15-22-24(35)25(36)29(37-22)34-13-20(12-18-8-4-2-5-9-18)23-27(30)31-16-32-28(23)34/h2-11,13,16,22,24-25,29,35-36H,12,14-15H2,1H3,(H2,30,31,32)/t22-,24-,25-,29-/m1/s1. The number of anilines is 1. The molecule has 39 heavy (non-hydrogen) atoms. The Morgan fingerprint density at radius 1 is 1.00 bits per heavy atom. The molecule has 0 radical (unpaired) electrons. The number of nitrogen functional groups attached to an aromatic ring is 1. The van der Waals surface area contributed by atoms with Gasteiger partial charge in [0, 0.05) is 28.8 Å². The fourth-order valence-corrected chi connectivity index (χ4v) is 6.25. The Hall–Kier alpha value is -3.70. The van der Waals surface area contributed by atoms with Crippen LogP contribution in [0.2, 0.25) is 0 Å². The summed E-state index contributed by atoms with van der Waals surface area (Å²) >= 11 is 1.60. The van der Waals surface area contributed by atoms with Crippen molar-refractivity contribution in [3.05, 3.63) is 95.6 Å². The minimum Gasteiger partial charge on any atom is -0.387 e. The van der Waals surface area contributed by atoms with Gasteiger partial charge in [-0.1, -0.05) is 65.8 Å². The number of rotatable bonds is 8. The molecular formula is C29H29N5O4S. The summed E-state index contributed by atoms with van der Waals surface area (Å²) in [5.74, 6) is 2.21. The summed E-state index contributed by atoms with van der Waals surface area (Å²) in [6, 6.07) is 19.9. The van der Waals surface area contributed by atoms with Crippen molar-refractivity contribution in [2.24, 2.45) is 0 Å². The molecule has 3 aromatic heterocycles. The SMILES string of the molecule is Cc1noc(-c2ccccc2)c1CSC[C@H]1O[C@@H](n2cc(Cc3ccccc3)c3c(N)ncnc32)[C@H](O)[C@@H]1O. The van der Waals surface area contributed by atoms with Crippen molar-refractivity contribution >= 4 is 28.6 Å². The van der Waals surface area contributed by atoms with Crippen LogP contribution in [0, 0.1) is 6.92 Å². The Bertz CT molecular complexity index is 1570. The summed E-state index contributed by atoms with van der Waals surface area (Å²) < 4.78 is 13.6. The third kappa shape index (κ3) is 4.92. The van der Waals surface area contributed by atoms with E-state index in [1.807, 2.05) is 73.8 Å². The fourth-order valence-electron chi connectivity index (χ4n) is 5.08. The van der Waals surface area contributed by atoms with Crippen LogP contribution < -0.4 is 5.73 Å². The van der Waals surface area contributed by atoms with Crippen LogP contribution in [0.4, 0.5) is 5.82 Å². The molecule has 1 aliphatic heterocycles. The molecule has 10 heteroatoms. The molecule has 4 heterocycles. The minimum absolute atomic E-state index is 0.364. The molecule has 4 N–H and O–H groups in total. The second-order valence-corrected chi connectivity index (χ2v) is 10.7. The quantitative estimate of drug-likeness (QED) is 0.264. The Morgan fingerprint density at radius 2 is 1.74 bits per heavy atom. The smallest absolute Gasteiger partial charge is 0.171 e. The third-order valence-electron chi connectivity index (χ3n) is 7.12. The van der Waals surface area contributed by atoms with Gasteiger partial charge in [0.05, 0.1) is 17.2 Å². The van der Waals surface area contributed by atoms with Crippen LogP contribution >= 0.6 is 11.8 Å². The number of nitrogens with two attached hydrogens (primary N) is 1. The number of thioether (sulfide) groups is 1. The van der Waals surface area contributed by atoms with Crippen molar-refractivity contribution in [2.75, 3.05) is 11.5 Å². The van der Waals surface area contributed by atoms with E-state index in [-0.39, 0.29) is 0 Å². The van der Waals surface area contributed by atoms with Crippen LogP contribution in [0.1, 0.15) is 28.6 Å². The van der Waals surface area contributed by atoms with E-state index in [1.54, 1.807) is 16.3 Å². The molecule has 0 spiro atoms. The average Bonchev–Trinajstić information content (AvgIpc) is 3.60. The van der Waals surface area contributed by atoms with Gasteiger partial charge in [0.1, 0.15) is 30.0 Å². The fraction of sp³-hybridized carbons (Fsp3) is 0.276. The molecule has 0 unspecified atom stereocenters. The zero-order chi connectivity index (χ0) is 26.9. The van der Waals surface area contributed by atoms with E-state index in [2.05, 4.69) is 15.1 Å². The van der Waals surface area contributed by atoms with Gasteiger partial charge in [-0.2, -0.15) is 11.8 Å². The second kappa shape index (κ2) is 10.8. The number of aliphatic hydroxyl groups excluding tert-OH is 2. The number of hydrogen-bond acceptors (Lipinski definition) is 9. The summed E-state index contributed by atoms with van der Waals surface area (Å²) in [5, 5.41) is 26.8. The molecule has 2 aromatic carbocycles. The lowest BCUT2D eigenvalue weighted by Gasteiger charge is -2.17. The topological polar surface area (TPSA) is 132 Å². The molecule has 5 aromatic rings. The predicted molar refractivity (Wildman–Crippen MR) is 150 cm³/mol. The Kier molecular flexibility index (Phi) is 7.09. The van der Waals surface area contributed by atoms with Crippen LogP contribution in [0.5, 0.6) is 0 Å². The number of aliphatic hydroxyl groups is 2. The highest BCUT2D eigenvalue weighted by Crippen LogP contribution is 2.37. The summed E-state index contributed by atoms with van der Waals surface area (Å²) in [5.41, 5.74) is 11.7. The number of fused-ring (bicyclic) bond motifs is 1. The van der Waals surface area contributed by atoms with Crippen LogP contribution in [-0.4, -0.2) is 54.0 Å². The third-order valence-corrected chi connectivity index (χ3v) is 8.17. The van der Waals surface area contributed by atoms with Gasteiger partial charge in [-0.15, -0.1) is 0 Å². The normalized spacial score (nSPS) is 21.1.